The summed E-state index contributed by atoms with van der Waals surface area (Å²) in [4.78, 5) is 26.0. The predicted molar refractivity (Wildman–Crippen MR) is 109 cm³/mol. The van der Waals surface area contributed by atoms with Crippen LogP contribution in [0.3, 0.4) is 0 Å². The molecule has 0 bridgehead atoms. The fourth-order valence-corrected chi connectivity index (χ4v) is 4.38. The third-order valence-electron chi connectivity index (χ3n) is 5.81. The summed E-state index contributed by atoms with van der Waals surface area (Å²) < 4.78 is 7.05. The van der Waals surface area contributed by atoms with Crippen molar-refractivity contribution < 1.29 is 9.53 Å². The van der Waals surface area contributed by atoms with Crippen LogP contribution in [0.1, 0.15) is 54.4 Å². The summed E-state index contributed by atoms with van der Waals surface area (Å²) in [6.45, 7) is 4.97. The second-order valence-corrected chi connectivity index (χ2v) is 7.92. The van der Waals surface area contributed by atoms with Gasteiger partial charge in [-0.2, -0.15) is 0 Å². The van der Waals surface area contributed by atoms with Crippen molar-refractivity contribution >= 4 is 18.3 Å². The fourth-order valence-electron chi connectivity index (χ4n) is 4.38. The first-order chi connectivity index (χ1) is 12.5. The lowest BCUT2D eigenvalue weighted by molar-refractivity contribution is 0.0764. The van der Waals surface area contributed by atoms with Crippen LogP contribution < -0.4 is 16.2 Å². The number of aromatic nitrogens is 1. The minimum Gasteiger partial charge on any atom is -0.382 e. The van der Waals surface area contributed by atoms with E-state index in [1.165, 1.54) is 0 Å². The lowest BCUT2D eigenvalue weighted by Crippen LogP contribution is -2.51. The van der Waals surface area contributed by atoms with Crippen LogP contribution in [0.4, 0.5) is 0 Å². The van der Waals surface area contributed by atoms with E-state index in [9.17, 15) is 9.59 Å². The number of carbonyl (C=O) groups excluding carboxylic acids is 1. The van der Waals surface area contributed by atoms with Crippen LogP contribution in [-0.2, 0) is 11.3 Å². The van der Waals surface area contributed by atoms with E-state index in [1.54, 1.807) is 11.7 Å². The molecule has 6 nitrogen and oxygen atoms in total. The van der Waals surface area contributed by atoms with Gasteiger partial charge in [0.25, 0.3) is 11.5 Å². The molecule has 152 valence electrons. The molecule has 1 saturated carbocycles. The maximum Gasteiger partial charge on any atom is 0.263 e. The Labute approximate surface area is 167 Å². The summed E-state index contributed by atoms with van der Waals surface area (Å²) >= 11 is 0. The fraction of sp³-hybridized carbons (Fsp3) is 0.700. The van der Waals surface area contributed by atoms with E-state index in [1.807, 2.05) is 19.2 Å². The SMILES string of the molecule is COCC1(NC(=O)c2c(C)ccn(CC3CCCNC3)c2=O)CCCC1.Cl. The molecule has 0 radical (unpaired) electrons. The molecule has 0 spiro atoms. The number of ether oxygens (including phenoxy) is 1. The van der Waals surface area contributed by atoms with Gasteiger partial charge in [-0.15, -0.1) is 12.4 Å². The van der Waals surface area contributed by atoms with Crippen LogP contribution in [0.25, 0.3) is 0 Å². The number of rotatable bonds is 6. The molecular weight excluding hydrogens is 366 g/mol. The highest BCUT2D eigenvalue weighted by atomic mass is 35.5. The summed E-state index contributed by atoms with van der Waals surface area (Å²) in [5.74, 6) is 0.178. The van der Waals surface area contributed by atoms with Crippen molar-refractivity contribution in [3.63, 3.8) is 0 Å². The van der Waals surface area contributed by atoms with E-state index in [-0.39, 0.29) is 35.0 Å². The molecular formula is C20H32ClN3O3. The van der Waals surface area contributed by atoms with Crippen molar-refractivity contribution in [2.24, 2.45) is 5.92 Å². The predicted octanol–water partition coefficient (Wildman–Crippen LogP) is 2.27. The molecule has 1 saturated heterocycles. The van der Waals surface area contributed by atoms with Gasteiger partial charge < -0.3 is 19.9 Å². The van der Waals surface area contributed by atoms with E-state index < -0.39 is 0 Å². The summed E-state index contributed by atoms with van der Waals surface area (Å²) in [5.41, 5.74) is 0.493. The number of aryl methyl sites for hydroxylation is 1. The molecule has 27 heavy (non-hydrogen) atoms. The number of hydrogen-bond donors (Lipinski definition) is 2. The van der Waals surface area contributed by atoms with Gasteiger partial charge in [0.1, 0.15) is 5.56 Å². The van der Waals surface area contributed by atoms with Gasteiger partial charge >= 0.3 is 0 Å². The summed E-state index contributed by atoms with van der Waals surface area (Å²) in [6.07, 6.45) is 8.04. The van der Waals surface area contributed by atoms with Crippen LogP contribution in [0, 0.1) is 12.8 Å². The van der Waals surface area contributed by atoms with Crippen molar-refractivity contribution in [2.75, 3.05) is 26.8 Å². The zero-order valence-corrected chi connectivity index (χ0v) is 17.2. The van der Waals surface area contributed by atoms with Crippen LogP contribution in [0.2, 0.25) is 0 Å². The van der Waals surface area contributed by atoms with Crippen molar-refractivity contribution in [2.45, 2.75) is 57.5 Å². The Morgan fingerprint density at radius 3 is 2.74 bits per heavy atom. The Morgan fingerprint density at radius 2 is 2.11 bits per heavy atom. The highest BCUT2D eigenvalue weighted by Gasteiger charge is 2.36. The molecule has 1 aliphatic heterocycles. The number of halogens is 1. The second-order valence-electron chi connectivity index (χ2n) is 7.92. The van der Waals surface area contributed by atoms with E-state index in [0.717, 1.165) is 57.2 Å². The van der Waals surface area contributed by atoms with E-state index in [4.69, 9.17) is 4.74 Å². The number of nitrogens with zero attached hydrogens (tertiary/aromatic N) is 1. The quantitative estimate of drug-likeness (QED) is 0.772. The molecule has 7 heteroatoms. The first-order valence-corrected chi connectivity index (χ1v) is 9.77. The van der Waals surface area contributed by atoms with Crippen molar-refractivity contribution in [3.8, 4) is 0 Å². The Balaban J connectivity index is 0.00000261. The molecule has 1 aromatic rings. The first kappa shape index (κ1) is 21.9. The lowest BCUT2D eigenvalue weighted by atomic mass is 9.97. The lowest BCUT2D eigenvalue weighted by Gasteiger charge is -2.30. The average Bonchev–Trinajstić information content (AvgIpc) is 3.07. The molecule has 2 N–H and O–H groups in total. The first-order valence-electron chi connectivity index (χ1n) is 9.77. The highest BCUT2D eigenvalue weighted by molar-refractivity contribution is 5.95. The van der Waals surface area contributed by atoms with Gasteiger partial charge in [0.2, 0.25) is 0 Å². The topological polar surface area (TPSA) is 72.4 Å². The van der Waals surface area contributed by atoms with Crippen LogP contribution >= 0.6 is 12.4 Å². The summed E-state index contributed by atoms with van der Waals surface area (Å²) in [6, 6.07) is 1.88. The number of hydrogen-bond acceptors (Lipinski definition) is 4. The molecule has 1 atom stereocenters. The number of piperidine rings is 1. The van der Waals surface area contributed by atoms with Gasteiger partial charge in [-0.05, 0) is 63.2 Å². The maximum absolute atomic E-state index is 13.0. The van der Waals surface area contributed by atoms with Gasteiger partial charge in [-0.25, -0.2) is 0 Å². The standard InChI is InChI=1S/C20H31N3O3.ClH/c1-15-7-11-23(13-16-6-5-10-21-12-16)19(25)17(15)18(24)22-20(14-26-2)8-3-4-9-20;/h7,11,16,21H,3-6,8-10,12-14H2,1-2H3,(H,22,24);1H. The molecule has 3 rings (SSSR count). The number of pyridine rings is 1. The summed E-state index contributed by atoms with van der Waals surface area (Å²) in [5, 5.41) is 6.51. The maximum atomic E-state index is 13.0. The molecule has 2 heterocycles. The minimum atomic E-state index is -0.335. The van der Waals surface area contributed by atoms with E-state index >= 15 is 0 Å². The van der Waals surface area contributed by atoms with Crippen molar-refractivity contribution in [3.05, 3.63) is 33.7 Å². The molecule has 2 aliphatic rings. The minimum absolute atomic E-state index is 0. The van der Waals surface area contributed by atoms with Crippen molar-refractivity contribution in [1.29, 1.82) is 0 Å². The molecule has 1 amide bonds. The average molecular weight is 398 g/mol. The third kappa shape index (κ3) is 5.12. The van der Waals surface area contributed by atoms with Gasteiger partial charge in [0.15, 0.2) is 0 Å². The Morgan fingerprint density at radius 1 is 1.37 bits per heavy atom. The smallest absolute Gasteiger partial charge is 0.263 e. The number of carbonyl (C=O) groups is 1. The van der Waals surface area contributed by atoms with Gasteiger partial charge in [0, 0.05) is 19.9 Å². The third-order valence-corrected chi connectivity index (χ3v) is 5.81. The zero-order valence-electron chi connectivity index (χ0n) is 16.4. The highest BCUT2D eigenvalue weighted by Crippen LogP contribution is 2.30. The molecule has 0 aromatic carbocycles. The van der Waals surface area contributed by atoms with Gasteiger partial charge in [-0.3, -0.25) is 9.59 Å². The molecule has 1 aromatic heterocycles. The van der Waals surface area contributed by atoms with Crippen LogP contribution in [0.5, 0.6) is 0 Å². The normalized spacial score (nSPS) is 21.5. The monoisotopic (exact) mass is 397 g/mol. The Hall–Kier alpha value is -1.37. The number of methoxy groups -OCH3 is 1. The van der Waals surface area contributed by atoms with E-state index in [0.29, 0.717) is 19.1 Å². The largest absolute Gasteiger partial charge is 0.382 e. The Bertz CT molecular complexity index is 692. The zero-order chi connectivity index (χ0) is 18.6. The molecule has 2 fully saturated rings. The number of nitrogens with one attached hydrogen (secondary N) is 2. The van der Waals surface area contributed by atoms with E-state index in [2.05, 4.69) is 10.6 Å². The molecule has 1 unspecified atom stereocenters. The second kappa shape index (κ2) is 9.71. The van der Waals surface area contributed by atoms with Crippen LogP contribution in [-0.4, -0.2) is 42.8 Å². The van der Waals surface area contributed by atoms with Gasteiger partial charge in [0.05, 0.1) is 12.1 Å². The Kier molecular flexibility index (Phi) is 7.89. The summed E-state index contributed by atoms with van der Waals surface area (Å²) in [7, 11) is 1.66. The van der Waals surface area contributed by atoms with Gasteiger partial charge in [-0.1, -0.05) is 12.8 Å². The number of amides is 1. The molecule has 1 aliphatic carbocycles. The van der Waals surface area contributed by atoms with Crippen LogP contribution in [0.15, 0.2) is 17.1 Å². The van der Waals surface area contributed by atoms with Crippen molar-refractivity contribution in [1.82, 2.24) is 15.2 Å².